The predicted molar refractivity (Wildman–Crippen MR) is 84.8 cm³/mol. The van der Waals surface area contributed by atoms with Crippen LogP contribution in [0.2, 0.25) is 0 Å². The van der Waals surface area contributed by atoms with Crippen LogP contribution in [0.4, 0.5) is 10.2 Å². The highest BCUT2D eigenvalue weighted by Crippen LogP contribution is 2.24. The number of nitrogens with zero attached hydrogens (tertiary/aromatic N) is 2. The maximum absolute atomic E-state index is 13.8. The van der Waals surface area contributed by atoms with E-state index in [1.165, 1.54) is 6.07 Å². The molecule has 1 unspecified atom stereocenters. The second-order valence-electron chi connectivity index (χ2n) is 5.14. The maximum atomic E-state index is 13.8. The van der Waals surface area contributed by atoms with E-state index in [9.17, 15) is 4.39 Å². The zero-order valence-corrected chi connectivity index (χ0v) is 12.8. The molecule has 1 N–H and O–H groups in total. The molecule has 1 aromatic carbocycles. The number of halogens is 1. The summed E-state index contributed by atoms with van der Waals surface area (Å²) in [5, 5.41) is 3.39. The number of anilines is 1. The third-order valence-electron chi connectivity index (χ3n) is 3.52. The van der Waals surface area contributed by atoms with Crippen molar-refractivity contribution in [3.63, 3.8) is 0 Å². The first-order chi connectivity index (χ1) is 10.1. The van der Waals surface area contributed by atoms with E-state index in [-0.39, 0.29) is 11.9 Å². The number of pyridine rings is 1. The largest absolute Gasteiger partial charge is 0.355 e. The van der Waals surface area contributed by atoms with E-state index < -0.39 is 0 Å². The van der Waals surface area contributed by atoms with Gasteiger partial charge in [-0.15, -0.1) is 0 Å². The molecule has 0 saturated heterocycles. The number of hydrogen-bond acceptors (Lipinski definition) is 3. The van der Waals surface area contributed by atoms with Gasteiger partial charge in [-0.25, -0.2) is 9.37 Å². The Morgan fingerprint density at radius 3 is 2.71 bits per heavy atom. The van der Waals surface area contributed by atoms with Crippen LogP contribution < -0.4 is 10.2 Å². The van der Waals surface area contributed by atoms with Gasteiger partial charge in [0.2, 0.25) is 0 Å². The molecule has 2 rings (SSSR count). The molecule has 0 aliphatic rings. The van der Waals surface area contributed by atoms with Crippen LogP contribution in [0.25, 0.3) is 0 Å². The van der Waals surface area contributed by atoms with Gasteiger partial charge in [-0.1, -0.05) is 31.2 Å². The van der Waals surface area contributed by atoms with Gasteiger partial charge in [-0.3, -0.25) is 0 Å². The predicted octanol–water partition coefficient (Wildman–Crippen LogP) is 3.53. The highest BCUT2D eigenvalue weighted by atomic mass is 19.1. The molecule has 0 aliphatic heterocycles. The fourth-order valence-corrected chi connectivity index (χ4v) is 2.44. The molecule has 1 atom stereocenters. The van der Waals surface area contributed by atoms with Gasteiger partial charge in [0.15, 0.2) is 0 Å². The Bertz CT molecular complexity index is 586. The van der Waals surface area contributed by atoms with Crippen LogP contribution in [0.1, 0.15) is 31.0 Å². The monoisotopic (exact) mass is 287 g/mol. The Kier molecular flexibility index (Phi) is 5.28. The number of benzene rings is 1. The molecule has 21 heavy (non-hydrogen) atoms. The summed E-state index contributed by atoms with van der Waals surface area (Å²) in [6.07, 6.45) is 1.77. The minimum atomic E-state index is -0.179. The van der Waals surface area contributed by atoms with Crippen molar-refractivity contribution in [2.45, 2.75) is 26.4 Å². The lowest BCUT2D eigenvalue weighted by molar-refractivity contribution is 0.591. The molecule has 0 radical (unpaired) electrons. The van der Waals surface area contributed by atoms with Crippen molar-refractivity contribution in [2.24, 2.45) is 0 Å². The Labute approximate surface area is 125 Å². The molecule has 1 aromatic heterocycles. The fraction of sp³-hybridized carbons (Fsp3) is 0.353. The van der Waals surface area contributed by atoms with E-state index in [0.717, 1.165) is 17.9 Å². The first-order valence-corrected chi connectivity index (χ1v) is 7.26. The molecule has 0 saturated carbocycles. The SMILES string of the molecule is CCNC(C)c1cccnc1N(C)Cc1ccccc1F. The van der Waals surface area contributed by atoms with Gasteiger partial charge in [-0.05, 0) is 25.6 Å². The first kappa shape index (κ1) is 15.4. The lowest BCUT2D eigenvalue weighted by Gasteiger charge is -2.24. The number of nitrogens with one attached hydrogen (secondary N) is 1. The van der Waals surface area contributed by atoms with Crippen LogP contribution >= 0.6 is 0 Å². The summed E-state index contributed by atoms with van der Waals surface area (Å²) in [7, 11) is 1.94. The summed E-state index contributed by atoms with van der Waals surface area (Å²) in [5.74, 6) is 0.704. The van der Waals surface area contributed by atoms with E-state index in [0.29, 0.717) is 12.1 Å². The minimum Gasteiger partial charge on any atom is -0.355 e. The van der Waals surface area contributed by atoms with Crippen LogP contribution in [-0.2, 0) is 6.54 Å². The maximum Gasteiger partial charge on any atom is 0.133 e. The Hall–Kier alpha value is -1.94. The third-order valence-corrected chi connectivity index (χ3v) is 3.52. The van der Waals surface area contributed by atoms with Gasteiger partial charge < -0.3 is 10.2 Å². The van der Waals surface area contributed by atoms with Gasteiger partial charge >= 0.3 is 0 Å². The molecular weight excluding hydrogens is 265 g/mol. The molecule has 0 aliphatic carbocycles. The third kappa shape index (κ3) is 3.79. The van der Waals surface area contributed by atoms with Crippen molar-refractivity contribution >= 4 is 5.82 Å². The van der Waals surface area contributed by atoms with Crippen molar-refractivity contribution in [1.82, 2.24) is 10.3 Å². The summed E-state index contributed by atoms with van der Waals surface area (Å²) in [6.45, 7) is 5.58. The topological polar surface area (TPSA) is 28.2 Å². The zero-order valence-electron chi connectivity index (χ0n) is 12.8. The van der Waals surface area contributed by atoms with E-state index in [1.54, 1.807) is 12.3 Å². The lowest BCUT2D eigenvalue weighted by Crippen LogP contribution is -2.24. The zero-order chi connectivity index (χ0) is 15.2. The van der Waals surface area contributed by atoms with Crippen molar-refractivity contribution < 1.29 is 4.39 Å². The fourth-order valence-electron chi connectivity index (χ4n) is 2.44. The van der Waals surface area contributed by atoms with Crippen molar-refractivity contribution in [3.8, 4) is 0 Å². The second kappa shape index (κ2) is 7.18. The molecule has 2 aromatic rings. The molecule has 0 bridgehead atoms. The standard InChI is InChI=1S/C17H22FN3/c1-4-19-13(2)15-9-7-11-20-17(15)21(3)12-14-8-5-6-10-16(14)18/h5-11,13,19H,4,12H2,1-3H3. The lowest BCUT2D eigenvalue weighted by atomic mass is 10.1. The van der Waals surface area contributed by atoms with E-state index in [1.807, 2.05) is 30.1 Å². The average Bonchev–Trinajstić information content (AvgIpc) is 2.50. The summed E-state index contributed by atoms with van der Waals surface area (Å²) in [5.41, 5.74) is 1.80. The second-order valence-corrected chi connectivity index (χ2v) is 5.14. The number of hydrogen-bond donors (Lipinski definition) is 1. The van der Waals surface area contributed by atoms with E-state index in [4.69, 9.17) is 0 Å². The quantitative estimate of drug-likeness (QED) is 0.881. The van der Waals surface area contributed by atoms with E-state index in [2.05, 4.69) is 30.2 Å². The highest BCUT2D eigenvalue weighted by Gasteiger charge is 2.15. The molecule has 1 heterocycles. The van der Waals surface area contributed by atoms with Crippen LogP contribution in [0.5, 0.6) is 0 Å². The van der Waals surface area contributed by atoms with Gasteiger partial charge in [-0.2, -0.15) is 0 Å². The molecule has 4 heteroatoms. The number of aromatic nitrogens is 1. The van der Waals surface area contributed by atoms with Gasteiger partial charge in [0.1, 0.15) is 11.6 Å². The molecular formula is C17H22FN3. The number of rotatable bonds is 6. The Morgan fingerprint density at radius 2 is 2.00 bits per heavy atom. The summed E-state index contributed by atoms with van der Waals surface area (Å²) >= 11 is 0. The molecule has 0 fully saturated rings. The summed E-state index contributed by atoms with van der Waals surface area (Å²) in [4.78, 5) is 6.46. The normalized spacial score (nSPS) is 12.2. The molecule has 112 valence electrons. The molecule has 0 amide bonds. The Balaban J connectivity index is 2.23. The van der Waals surface area contributed by atoms with Crippen LogP contribution in [-0.4, -0.2) is 18.6 Å². The molecule has 3 nitrogen and oxygen atoms in total. The van der Waals surface area contributed by atoms with Crippen LogP contribution in [0, 0.1) is 5.82 Å². The summed E-state index contributed by atoms with van der Waals surface area (Å²) < 4.78 is 13.8. The summed E-state index contributed by atoms with van der Waals surface area (Å²) in [6, 6.07) is 11.1. The van der Waals surface area contributed by atoms with Crippen molar-refractivity contribution in [2.75, 3.05) is 18.5 Å². The smallest absolute Gasteiger partial charge is 0.133 e. The molecule has 0 spiro atoms. The highest BCUT2D eigenvalue weighted by molar-refractivity contribution is 5.48. The van der Waals surface area contributed by atoms with Crippen molar-refractivity contribution in [3.05, 3.63) is 59.5 Å². The van der Waals surface area contributed by atoms with Gasteiger partial charge in [0.25, 0.3) is 0 Å². The Morgan fingerprint density at radius 1 is 1.24 bits per heavy atom. The minimum absolute atomic E-state index is 0.179. The van der Waals surface area contributed by atoms with Crippen molar-refractivity contribution in [1.29, 1.82) is 0 Å². The van der Waals surface area contributed by atoms with E-state index >= 15 is 0 Å². The average molecular weight is 287 g/mol. The van der Waals surface area contributed by atoms with Gasteiger partial charge in [0, 0.05) is 37.0 Å². The first-order valence-electron chi connectivity index (χ1n) is 7.26. The van der Waals surface area contributed by atoms with Gasteiger partial charge in [0.05, 0.1) is 0 Å². The van der Waals surface area contributed by atoms with Crippen LogP contribution in [0.15, 0.2) is 42.6 Å². The van der Waals surface area contributed by atoms with Crippen LogP contribution in [0.3, 0.4) is 0 Å².